The van der Waals surface area contributed by atoms with Crippen molar-refractivity contribution in [1.29, 1.82) is 0 Å². The number of rotatable bonds is 7. The minimum atomic E-state index is -1.68. The third-order valence-corrected chi connectivity index (χ3v) is 9.96. The van der Waals surface area contributed by atoms with Gasteiger partial charge in [0, 0.05) is 0 Å². The Hall–Kier alpha value is 0.501. The Labute approximate surface area is 202 Å². The summed E-state index contributed by atoms with van der Waals surface area (Å²) in [6.07, 6.45) is 11.1. The standard InChI is InChI=1S/C22H33Si.3ClH.Ti/c1-7-9-13-23(6,20-15-17(3)14-18(4)16-20)22-12-10-11-21(22)19(5)8-2;;;;/h11,14-16,19H,7-10,13H2,1-6H3;3*1H;/q-1;;;;+4/p-3. The van der Waals surface area contributed by atoms with Crippen LogP contribution in [0.3, 0.4) is 0 Å². The first-order chi connectivity index (χ1) is 10.9. The van der Waals surface area contributed by atoms with Crippen molar-refractivity contribution in [1.82, 2.24) is 0 Å². The van der Waals surface area contributed by atoms with Crippen LogP contribution in [0.5, 0.6) is 0 Å². The molecule has 2 atom stereocenters. The van der Waals surface area contributed by atoms with E-state index in [0.717, 1.165) is 6.42 Å². The molecule has 27 heavy (non-hydrogen) atoms. The van der Waals surface area contributed by atoms with Crippen LogP contribution in [0.2, 0.25) is 12.6 Å². The van der Waals surface area contributed by atoms with Gasteiger partial charge in [0.1, 0.15) is 0 Å². The summed E-state index contributed by atoms with van der Waals surface area (Å²) < 4.78 is 0. The van der Waals surface area contributed by atoms with Gasteiger partial charge in [-0.15, -0.1) is 6.42 Å². The second-order valence-corrected chi connectivity index (χ2v) is 11.8. The van der Waals surface area contributed by atoms with Crippen LogP contribution in [0.25, 0.3) is 0 Å². The van der Waals surface area contributed by atoms with Crippen LogP contribution in [-0.4, -0.2) is 8.07 Å². The molecule has 0 spiro atoms. The summed E-state index contributed by atoms with van der Waals surface area (Å²) in [6.45, 7) is 14.1. The van der Waals surface area contributed by atoms with E-state index in [2.05, 4.69) is 71.5 Å². The third-order valence-electron chi connectivity index (χ3n) is 5.47. The molecule has 5 heteroatoms. The van der Waals surface area contributed by atoms with Crippen LogP contribution in [0, 0.1) is 25.8 Å². The number of unbranched alkanes of at least 4 members (excludes halogenated alkanes) is 1. The van der Waals surface area contributed by atoms with Gasteiger partial charge in [0.25, 0.3) is 0 Å². The first-order valence-corrected chi connectivity index (χ1v) is 12.0. The van der Waals surface area contributed by atoms with Gasteiger partial charge >= 0.3 is 21.7 Å². The first kappa shape index (κ1) is 32.2. The summed E-state index contributed by atoms with van der Waals surface area (Å²) in [5.41, 5.74) is 4.42. The van der Waals surface area contributed by atoms with Crippen molar-refractivity contribution in [3.63, 3.8) is 0 Å². The molecule has 1 aromatic carbocycles. The van der Waals surface area contributed by atoms with Crippen molar-refractivity contribution in [3.8, 4) is 0 Å². The quantitative estimate of drug-likeness (QED) is 0.290. The molecule has 0 aromatic heterocycles. The molecule has 0 radical (unpaired) electrons. The van der Waals surface area contributed by atoms with Crippen LogP contribution >= 0.6 is 0 Å². The van der Waals surface area contributed by atoms with Gasteiger partial charge in [-0.05, 0) is 13.8 Å². The molecule has 2 unspecified atom stereocenters. The number of benzene rings is 1. The minimum absolute atomic E-state index is 0. The third kappa shape index (κ3) is 7.68. The molecule has 0 amide bonds. The van der Waals surface area contributed by atoms with Crippen molar-refractivity contribution in [2.45, 2.75) is 72.9 Å². The molecule has 1 aliphatic carbocycles. The summed E-state index contributed by atoms with van der Waals surface area (Å²) in [5, 5.41) is 3.23. The van der Waals surface area contributed by atoms with E-state index in [4.69, 9.17) is 0 Å². The Kier molecular flexibility index (Phi) is 17.3. The summed E-state index contributed by atoms with van der Waals surface area (Å²) in [6, 6.07) is 8.56. The summed E-state index contributed by atoms with van der Waals surface area (Å²) in [7, 11) is -1.68. The SMILES string of the molecule is CCCC[Si](C)(C1=[C-]CC=C1C(C)CC)c1cc(C)cc(C)c1.[Cl-].[Cl-].[Cl-].[Ti+4]. The van der Waals surface area contributed by atoms with E-state index in [0.29, 0.717) is 5.92 Å². The van der Waals surface area contributed by atoms with E-state index >= 15 is 0 Å². The maximum absolute atomic E-state index is 3.79. The van der Waals surface area contributed by atoms with Crippen molar-refractivity contribution in [3.05, 3.63) is 52.2 Å². The molecular formula is C22H33Cl3SiTi. The van der Waals surface area contributed by atoms with Crippen molar-refractivity contribution in [2.75, 3.05) is 0 Å². The van der Waals surface area contributed by atoms with Gasteiger partial charge in [0.2, 0.25) is 0 Å². The number of hydrogen-bond donors (Lipinski definition) is 0. The summed E-state index contributed by atoms with van der Waals surface area (Å²) >= 11 is 0. The second kappa shape index (κ2) is 14.5. The Morgan fingerprint density at radius 1 is 1.04 bits per heavy atom. The second-order valence-electron chi connectivity index (χ2n) is 7.54. The predicted molar refractivity (Wildman–Crippen MR) is 106 cm³/mol. The zero-order valence-electron chi connectivity index (χ0n) is 17.6. The molecule has 0 heterocycles. The van der Waals surface area contributed by atoms with Gasteiger partial charge < -0.3 is 37.2 Å². The Balaban J connectivity index is -0.00000144. The monoisotopic (exact) mass is 478 g/mol. The molecule has 0 bridgehead atoms. The molecule has 0 saturated carbocycles. The fourth-order valence-electron chi connectivity index (χ4n) is 3.89. The van der Waals surface area contributed by atoms with Crippen molar-refractivity contribution >= 4 is 13.3 Å². The molecule has 2 rings (SSSR count). The number of halogens is 3. The predicted octanol–water partition coefficient (Wildman–Crippen LogP) is -2.96. The zero-order chi connectivity index (χ0) is 17.0. The largest absolute Gasteiger partial charge is 4.00 e. The summed E-state index contributed by atoms with van der Waals surface area (Å²) in [5.74, 6) is 0.666. The fourth-order valence-corrected chi connectivity index (χ4v) is 8.34. The molecule has 150 valence electrons. The molecule has 0 aliphatic heterocycles. The smallest absolute Gasteiger partial charge is 1.00 e. The molecule has 0 N–H and O–H groups in total. The topological polar surface area (TPSA) is 0 Å². The molecule has 0 fully saturated rings. The normalized spacial score (nSPS) is 15.6. The van der Waals surface area contributed by atoms with Crippen molar-refractivity contribution in [2.24, 2.45) is 5.92 Å². The maximum atomic E-state index is 3.79. The van der Waals surface area contributed by atoms with Crippen LogP contribution < -0.4 is 42.4 Å². The van der Waals surface area contributed by atoms with E-state index in [9.17, 15) is 0 Å². The molecule has 0 saturated heterocycles. The van der Waals surface area contributed by atoms with Gasteiger partial charge in [-0.2, -0.15) is 11.6 Å². The van der Waals surface area contributed by atoms with Gasteiger partial charge in [-0.3, -0.25) is 6.08 Å². The average Bonchev–Trinajstić information content (AvgIpc) is 3.01. The van der Waals surface area contributed by atoms with Gasteiger partial charge in [0.05, 0.1) is 8.07 Å². The Bertz CT molecular complexity index is 608. The van der Waals surface area contributed by atoms with E-state index in [1.807, 2.05) is 0 Å². The summed E-state index contributed by atoms with van der Waals surface area (Å²) in [4.78, 5) is 0. The fraction of sp³-hybridized carbons (Fsp3) is 0.545. The zero-order valence-corrected chi connectivity index (χ0v) is 22.4. The Morgan fingerprint density at radius 2 is 1.59 bits per heavy atom. The maximum Gasteiger partial charge on any atom is 4.00 e. The average molecular weight is 480 g/mol. The van der Waals surface area contributed by atoms with Gasteiger partial charge in [0.15, 0.2) is 0 Å². The number of allylic oxidation sites excluding steroid dienone is 4. The molecule has 1 aliphatic rings. The Morgan fingerprint density at radius 3 is 2.07 bits per heavy atom. The molecular weight excluding hydrogens is 447 g/mol. The van der Waals surface area contributed by atoms with E-state index in [-0.39, 0.29) is 58.9 Å². The molecule has 1 aromatic rings. The van der Waals surface area contributed by atoms with Crippen LogP contribution in [-0.2, 0) is 21.7 Å². The van der Waals surface area contributed by atoms with Crippen LogP contribution in [0.1, 0.15) is 57.6 Å². The van der Waals surface area contributed by atoms with Crippen LogP contribution in [0.15, 0.2) is 35.0 Å². The number of aryl methyl sites for hydroxylation is 2. The van der Waals surface area contributed by atoms with Gasteiger partial charge in [-0.25, -0.2) is 5.20 Å². The van der Waals surface area contributed by atoms with E-state index < -0.39 is 8.07 Å². The first-order valence-electron chi connectivity index (χ1n) is 9.32. The van der Waals surface area contributed by atoms with E-state index in [1.54, 1.807) is 16.0 Å². The van der Waals surface area contributed by atoms with Gasteiger partial charge in [-0.1, -0.05) is 93.1 Å². The minimum Gasteiger partial charge on any atom is -1.00 e. The molecule has 0 nitrogen and oxygen atoms in total. The number of hydrogen-bond acceptors (Lipinski definition) is 0. The van der Waals surface area contributed by atoms with Crippen LogP contribution in [0.4, 0.5) is 0 Å². The van der Waals surface area contributed by atoms with E-state index in [1.165, 1.54) is 36.4 Å². The van der Waals surface area contributed by atoms with Crippen molar-refractivity contribution < 1.29 is 58.9 Å².